The van der Waals surface area contributed by atoms with Gasteiger partial charge in [-0.1, -0.05) is 18.6 Å². The molecule has 2 heteroatoms. The van der Waals surface area contributed by atoms with Crippen molar-refractivity contribution >= 4 is 11.8 Å². The summed E-state index contributed by atoms with van der Waals surface area (Å²) in [6.45, 7) is 2.01. The van der Waals surface area contributed by atoms with Gasteiger partial charge in [-0.2, -0.15) is 0 Å². The van der Waals surface area contributed by atoms with E-state index < -0.39 is 0 Å². The molecule has 0 aromatic rings. The molecule has 0 amide bonds. The molecule has 0 rings (SSSR count). The minimum Gasteiger partial charge on any atom is -0.333 e. The first kappa shape index (κ1) is 9.45. The lowest BCUT2D eigenvalue weighted by molar-refractivity contribution is 0.815. The van der Waals surface area contributed by atoms with Crippen molar-refractivity contribution in [3.05, 3.63) is 12.2 Å². The van der Waals surface area contributed by atoms with E-state index in [9.17, 15) is 0 Å². The maximum Gasteiger partial charge on any atom is 0.0828 e. The number of allylic oxidation sites excluding steroid dienone is 1. The molecule has 0 aliphatic rings. The highest BCUT2D eigenvalue weighted by molar-refractivity contribution is 7.99. The molecular weight excluding hydrogens is 142 g/mol. The summed E-state index contributed by atoms with van der Waals surface area (Å²) in [7, 11) is 0. The first-order valence-corrected chi connectivity index (χ1v) is 4.49. The van der Waals surface area contributed by atoms with Gasteiger partial charge in [0.05, 0.1) is 5.37 Å². The van der Waals surface area contributed by atoms with E-state index in [0.717, 1.165) is 6.42 Å². The minimum absolute atomic E-state index is 0.362. The molecular formula is C8H13NS. The van der Waals surface area contributed by atoms with Crippen molar-refractivity contribution in [1.82, 2.24) is 5.32 Å². The summed E-state index contributed by atoms with van der Waals surface area (Å²) >= 11 is 1.73. The molecule has 1 unspecified atom stereocenters. The van der Waals surface area contributed by atoms with Crippen LogP contribution in [-0.4, -0.2) is 11.6 Å². The van der Waals surface area contributed by atoms with Crippen molar-refractivity contribution in [1.29, 1.82) is 0 Å². The Bertz CT molecular complexity index is 135. The highest BCUT2D eigenvalue weighted by atomic mass is 32.2. The van der Waals surface area contributed by atoms with E-state index >= 15 is 0 Å². The molecule has 56 valence electrons. The third-order valence-corrected chi connectivity index (χ3v) is 1.99. The van der Waals surface area contributed by atoms with Gasteiger partial charge in [0.25, 0.3) is 0 Å². The zero-order valence-electron chi connectivity index (χ0n) is 6.42. The summed E-state index contributed by atoms with van der Waals surface area (Å²) in [4.78, 5) is 0. The van der Waals surface area contributed by atoms with E-state index in [-0.39, 0.29) is 0 Å². The average molecular weight is 155 g/mol. The topological polar surface area (TPSA) is 12.0 Å². The van der Waals surface area contributed by atoms with Gasteiger partial charge in [0.2, 0.25) is 0 Å². The minimum atomic E-state index is 0.362. The normalized spacial score (nSPS) is 12.9. The lowest BCUT2D eigenvalue weighted by Gasteiger charge is -2.09. The van der Waals surface area contributed by atoms with Crippen LogP contribution < -0.4 is 5.32 Å². The predicted molar refractivity (Wildman–Crippen MR) is 48.7 cm³/mol. The zero-order valence-corrected chi connectivity index (χ0v) is 7.24. The van der Waals surface area contributed by atoms with Crippen molar-refractivity contribution in [2.45, 2.75) is 18.7 Å². The second-order valence-corrected chi connectivity index (χ2v) is 2.86. The van der Waals surface area contributed by atoms with Crippen molar-refractivity contribution < 1.29 is 0 Å². The van der Waals surface area contributed by atoms with E-state index in [0.29, 0.717) is 5.37 Å². The number of hydrogen-bond acceptors (Lipinski definition) is 2. The summed E-state index contributed by atoms with van der Waals surface area (Å²) in [5, 5.41) is 3.27. The molecule has 0 aromatic carbocycles. The second kappa shape index (κ2) is 6.57. The number of nitrogens with one attached hydrogen (secondary N) is 1. The third kappa shape index (κ3) is 4.34. The van der Waals surface area contributed by atoms with Crippen LogP contribution in [0.1, 0.15) is 13.3 Å². The molecule has 1 N–H and O–H groups in total. The largest absolute Gasteiger partial charge is 0.333 e. The highest BCUT2D eigenvalue weighted by Gasteiger charge is 1.98. The van der Waals surface area contributed by atoms with Crippen molar-refractivity contribution in [3.63, 3.8) is 0 Å². The predicted octanol–water partition coefficient (Wildman–Crippen LogP) is 1.82. The van der Waals surface area contributed by atoms with Gasteiger partial charge in [-0.25, -0.2) is 0 Å². The number of thioether (sulfide) groups is 1. The molecule has 0 fully saturated rings. The lowest BCUT2D eigenvalue weighted by Crippen LogP contribution is -2.19. The van der Waals surface area contributed by atoms with Gasteiger partial charge in [-0.3, -0.25) is 0 Å². The van der Waals surface area contributed by atoms with Crippen LogP contribution in [0.3, 0.4) is 0 Å². The SMILES string of the molecule is C#CNC(C/C=C\C)SC. The van der Waals surface area contributed by atoms with Crippen LogP contribution in [-0.2, 0) is 0 Å². The van der Waals surface area contributed by atoms with Gasteiger partial charge in [0.15, 0.2) is 0 Å². The molecule has 0 saturated carbocycles. The van der Waals surface area contributed by atoms with Crippen molar-refractivity contribution in [3.8, 4) is 12.5 Å². The molecule has 0 heterocycles. The van der Waals surface area contributed by atoms with Gasteiger partial charge in [0, 0.05) is 6.04 Å². The van der Waals surface area contributed by atoms with Crippen LogP contribution >= 0.6 is 11.8 Å². The molecule has 0 saturated heterocycles. The standard InChI is InChI=1S/C8H13NS/c1-4-6-7-8(10-3)9-5-2/h2,4,6,8-9H,7H2,1,3H3/b6-4-. The molecule has 1 atom stereocenters. The maximum absolute atomic E-state index is 5.08. The first-order valence-electron chi connectivity index (χ1n) is 3.20. The molecule has 0 radical (unpaired) electrons. The third-order valence-electron chi connectivity index (χ3n) is 1.11. The van der Waals surface area contributed by atoms with Crippen LogP contribution in [0.2, 0.25) is 0 Å². The van der Waals surface area contributed by atoms with Gasteiger partial charge in [0.1, 0.15) is 0 Å². The molecule has 0 aromatic heterocycles. The van der Waals surface area contributed by atoms with Crippen LogP contribution in [0.25, 0.3) is 0 Å². The highest BCUT2D eigenvalue weighted by Crippen LogP contribution is 2.06. The van der Waals surface area contributed by atoms with E-state index in [1.165, 1.54) is 0 Å². The van der Waals surface area contributed by atoms with Gasteiger partial charge in [-0.15, -0.1) is 11.8 Å². The molecule has 1 nitrogen and oxygen atoms in total. The van der Waals surface area contributed by atoms with E-state index in [1.54, 1.807) is 11.8 Å². The van der Waals surface area contributed by atoms with Gasteiger partial charge in [-0.05, 0) is 19.6 Å². The average Bonchev–Trinajstić information content (AvgIpc) is 1.98. The Morgan fingerprint density at radius 2 is 2.50 bits per heavy atom. The van der Waals surface area contributed by atoms with Gasteiger partial charge < -0.3 is 5.32 Å². The van der Waals surface area contributed by atoms with Crippen LogP contribution in [0.5, 0.6) is 0 Å². The molecule has 0 aliphatic carbocycles. The second-order valence-electron chi connectivity index (χ2n) is 1.82. The Balaban J connectivity index is 3.51. The fraction of sp³-hybridized carbons (Fsp3) is 0.500. The Kier molecular flexibility index (Phi) is 6.21. The summed E-state index contributed by atoms with van der Waals surface area (Å²) in [5.41, 5.74) is 0. The maximum atomic E-state index is 5.08. The Morgan fingerprint density at radius 3 is 2.90 bits per heavy atom. The van der Waals surface area contributed by atoms with Crippen LogP contribution in [0.4, 0.5) is 0 Å². The Labute approximate surface area is 67.3 Å². The molecule has 0 aliphatic heterocycles. The summed E-state index contributed by atoms with van der Waals surface area (Å²) in [5.74, 6) is 0. The van der Waals surface area contributed by atoms with Crippen LogP contribution in [0.15, 0.2) is 12.2 Å². The van der Waals surface area contributed by atoms with Gasteiger partial charge >= 0.3 is 0 Å². The number of hydrogen-bond donors (Lipinski definition) is 1. The summed E-state index contributed by atoms with van der Waals surface area (Å²) < 4.78 is 0. The molecule has 10 heavy (non-hydrogen) atoms. The van der Waals surface area contributed by atoms with Crippen molar-refractivity contribution in [2.75, 3.05) is 6.26 Å². The quantitative estimate of drug-likeness (QED) is 0.288. The smallest absolute Gasteiger partial charge is 0.0828 e. The van der Waals surface area contributed by atoms with E-state index in [4.69, 9.17) is 6.42 Å². The number of terminal acetylenes is 1. The van der Waals surface area contributed by atoms with E-state index in [1.807, 2.05) is 19.3 Å². The lowest BCUT2D eigenvalue weighted by atomic mass is 10.4. The Hall–Kier alpha value is -0.550. The fourth-order valence-electron chi connectivity index (χ4n) is 0.567. The van der Waals surface area contributed by atoms with E-state index in [2.05, 4.69) is 17.4 Å². The first-order chi connectivity index (χ1) is 4.85. The zero-order chi connectivity index (χ0) is 7.82. The van der Waals surface area contributed by atoms with Crippen LogP contribution in [0, 0.1) is 12.5 Å². The monoisotopic (exact) mass is 155 g/mol. The molecule has 0 bridgehead atoms. The number of rotatable bonds is 4. The fourth-order valence-corrected chi connectivity index (χ4v) is 1.06. The van der Waals surface area contributed by atoms with Crippen molar-refractivity contribution in [2.24, 2.45) is 0 Å². The summed E-state index contributed by atoms with van der Waals surface area (Å²) in [6.07, 6.45) is 12.2. The summed E-state index contributed by atoms with van der Waals surface area (Å²) in [6, 6.07) is 2.42. The Morgan fingerprint density at radius 1 is 1.80 bits per heavy atom. The molecule has 0 spiro atoms.